The Bertz CT molecular complexity index is 687. The van der Waals surface area contributed by atoms with E-state index in [9.17, 15) is 9.59 Å². The molecule has 1 heterocycles. The van der Waals surface area contributed by atoms with Crippen molar-refractivity contribution in [2.75, 3.05) is 53.4 Å². The van der Waals surface area contributed by atoms with Gasteiger partial charge in [0, 0.05) is 38.4 Å². The molecule has 0 aliphatic carbocycles. The van der Waals surface area contributed by atoms with Crippen molar-refractivity contribution in [3.05, 3.63) is 24.0 Å². The Morgan fingerprint density at radius 3 is 2.15 bits per heavy atom. The van der Waals surface area contributed by atoms with Crippen LogP contribution in [0.15, 0.2) is 24.0 Å². The van der Waals surface area contributed by atoms with E-state index in [0.717, 1.165) is 25.0 Å². The molecule has 9 heteroatoms. The van der Waals surface area contributed by atoms with Gasteiger partial charge in [-0.15, -0.1) is 0 Å². The fourth-order valence-electron chi connectivity index (χ4n) is 4.41. The Kier molecular flexibility index (Phi) is 24.3. The Morgan fingerprint density at radius 2 is 1.50 bits per heavy atom. The smallest absolute Gasteiger partial charge is 0.243 e. The van der Waals surface area contributed by atoms with Gasteiger partial charge in [-0.1, -0.05) is 70.4 Å². The number of allylic oxidation sites excluding steroid dienone is 2. The second-order valence-corrected chi connectivity index (χ2v) is 10.4. The number of methoxy groups -OCH3 is 1. The first-order chi connectivity index (χ1) is 19.7. The van der Waals surface area contributed by atoms with Gasteiger partial charge in [0.1, 0.15) is 6.04 Å². The van der Waals surface area contributed by atoms with Crippen molar-refractivity contribution < 1.29 is 23.8 Å². The molecule has 1 aliphatic heterocycles. The molecule has 0 saturated heterocycles. The summed E-state index contributed by atoms with van der Waals surface area (Å²) in [4.78, 5) is 25.4. The minimum atomic E-state index is -0.617. The quantitative estimate of drug-likeness (QED) is 0.0804. The van der Waals surface area contributed by atoms with E-state index in [0.29, 0.717) is 59.1 Å². The van der Waals surface area contributed by atoms with E-state index < -0.39 is 6.04 Å². The van der Waals surface area contributed by atoms with E-state index in [-0.39, 0.29) is 11.8 Å². The molecule has 0 aromatic carbocycles. The molecule has 9 nitrogen and oxygen atoms in total. The Balaban J connectivity index is 2.12. The van der Waals surface area contributed by atoms with Gasteiger partial charge in [0.25, 0.3) is 0 Å². The zero-order chi connectivity index (χ0) is 28.9. The third kappa shape index (κ3) is 21.7. The average molecular weight is 567 g/mol. The summed E-state index contributed by atoms with van der Waals surface area (Å²) in [6, 6.07) is -0.617. The van der Waals surface area contributed by atoms with Crippen LogP contribution >= 0.6 is 0 Å². The van der Waals surface area contributed by atoms with Crippen LogP contribution in [-0.4, -0.2) is 71.2 Å². The monoisotopic (exact) mass is 566 g/mol. The fourth-order valence-corrected chi connectivity index (χ4v) is 4.41. The minimum Gasteiger partial charge on any atom is -0.382 e. The molecule has 1 aliphatic rings. The number of carbonyl (C=O) groups excluding carboxylic acids is 2. The van der Waals surface area contributed by atoms with Gasteiger partial charge in [-0.05, 0) is 32.1 Å². The molecule has 0 spiro atoms. The highest BCUT2D eigenvalue weighted by Gasteiger charge is 2.22. The SMILES string of the molecule is CCCCCC/C=C/CCCCCCCCCC(=O)NC(CC1=CNCN1)C(=O)NCCOCCOCCOC. The fraction of sp³-hybridized carbons (Fsp3) is 0.806. The van der Waals surface area contributed by atoms with Crippen molar-refractivity contribution in [3.63, 3.8) is 0 Å². The summed E-state index contributed by atoms with van der Waals surface area (Å²) in [6.45, 7) is 5.69. The zero-order valence-electron chi connectivity index (χ0n) is 25.4. The number of rotatable bonds is 28. The third-order valence-electron chi connectivity index (χ3n) is 6.78. The second-order valence-electron chi connectivity index (χ2n) is 10.4. The third-order valence-corrected chi connectivity index (χ3v) is 6.78. The molecule has 232 valence electrons. The van der Waals surface area contributed by atoms with E-state index >= 15 is 0 Å². The van der Waals surface area contributed by atoms with Gasteiger partial charge >= 0.3 is 0 Å². The minimum absolute atomic E-state index is 0.0716. The summed E-state index contributed by atoms with van der Waals surface area (Å²) in [7, 11) is 1.63. The van der Waals surface area contributed by atoms with Crippen molar-refractivity contribution >= 4 is 11.8 Å². The van der Waals surface area contributed by atoms with Crippen molar-refractivity contribution in [3.8, 4) is 0 Å². The first-order valence-electron chi connectivity index (χ1n) is 15.7. The van der Waals surface area contributed by atoms with Crippen LogP contribution in [0, 0.1) is 0 Å². The summed E-state index contributed by atoms with van der Waals surface area (Å²) >= 11 is 0. The van der Waals surface area contributed by atoms with Crippen LogP contribution in [0.1, 0.15) is 103 Å². The topological polar surface area (TPSA) is 110 Å². The van der Waals surface area contributed by atoms with Crippen LogP contribution in [0.4, 0.5) is 0 Å². The van der Waals surface area contributed by atoms with Crippen molar-refractivity contribution in [2.24, 2.45) is 0 Å². The summed E-state index contributed by atoms with van der Waals surface area (Å²) in [5, 5.41) is 12.1. The highest BCUT2D eigenvalue weighted by Crippen LogP contribution is 2.11. The Labute approximate surface area is 243 Å². The summed E-state index contributed by atoms with van der Waals surface area (Å²) < 4.78 is 15.8. The molecule has 0 fully saturated rings. The molecular weight excluding hydrogens is 508 g/mol. The number of hydrogen-bond acceptors (Lipinski definition) is 7. The Morgan fingerprint density at radius 1 is 0.875 bits per heavy atom. The molecule has 2 amide bonds. The highest BCUT2D eigenvalue weighted by atomic mass is 16.5. The maximum atomic E-state index is 12.8. The maximum Gasteiger partial charge on any atom is 0.243 e. The molecule has 0 saturated carbocycles. The highest BCUT2D eigenvalue weighted by molar-refractivity contribution is 5.87. The van der Waals surface area contributed by atoms with Gasteiger partial charge in [0.05, 0.1) is 39.7 Å². The van der Waals surface area contributed by atoms with Crippen LogP contribution in [0.25, 0.3) is 0 Å². The molecule has 1 atom stereocenters. The van der Waals surface area contributed by atoms with E-state index in [2.05, 4.69) is 40.3 Å². The Hall–Kier alpha value is -2.10. The number of amides is 2. The molecule has 0 aromatic heterocycles. The maximum absolute atomic E-state index is 12.8. The molecule has 0 radical (unpaired) electrons. The predicted octanol–water partition coefficient (Wildman–Crippen LogP) is 4.69. The van der Waals surface area contributed by atoms with Gasteiger partial charge in [0.15, 0.2) is 0 Å². The number of unbranched alkanes of at least 4 members (excludes halogenated alkanes) is 11. The van der Waals surface area contributed by atoms with E-state index in [1.807, 2.05) is 6.20 Å². The molecule has 0 bridgehead atoms. The zero-order valence-corrected chi connectivity index (χ0v) is 25.4. The number of hydrogen-bond donors (Lipinski definition) is 4. The standard InChI is InChI=1S/C31H58N4O5/c1-3-4-5-6-7-8-9-10-11-12-13-14-15-16-17-18-30(36)35-29(25-28-26-32-27-34-28)31(37)33-19-20-39-23-24-40-22-21-38-2/h8-9,26,29,32,34H,3-7,10-25,27H2,1-2H3,(H,33,37)(H,35,36)/b9-8+. The first-order valence-corrected chi connectivity index (χ1v) is 15.7. The molecule has 1 rings (SSSR count). The normalized spacial score (nSPS) is 13.6. The molecule has 40 heavy (non-hydrogen) atoms. The lowest BCUT2D eigenvalue weighted by Crippen LogP contribution is -2.48. The van der Waals surface area contributed by atoms with Gasteiger partial charge < -0.3 is 35.5 Å². The molecular formula is C31H58N4O5. The first kappa shape index (κ1) is 35.9. The summed E-state index contributed by atoms with van der Waals surface area (Å²) in [6.07, 6.45) is 23.3. The van der Waals surface area contributed by atoms with E-state index in [1.165, 1.54) is 64.2 Å². The predicted molar refractivity (Wildman–Crippen MR) is 162 cm³/mol. The van der Waals surface area contributed by atoms with Gasteiger partial charge in [-0.2, -0.15) is 0 Å². The van der Waals surface area contributed by atoms with Gasteiger partial charge in [-0.25, -0.2) is 0 Å². The van der Waals surface area contributed by atoms with Crippen LogP contribution in [0.3, 0.4) is 0 Å². The largest absolute Gasteiger partial charge is 0.382 e. The van der Waals surface area contributed by atoms with E-state index in [4.69, 9.17) is 14.2 Å². The number of carbonyl (C=O) groups is 2. The van der Waals surface area contributed by atoms with Crippen molar-refractivity contribution in [1.29, 1.82) is 0 Å². The lowest BCUT2D eigenvalue weighted by Gasteiger charge is -2.19. The molecule has 0 aromatic rings. The number of ether oxygens (including phenoxy) is 3. The average Bonchev–Trinajstić information content (AvgIpc) is 3.47. The van der Waals surface area contributed by atoms with Crippen molar-refractivity contribution in [1.82, 2.24) is 21.3 Å². The van der Waals surface area contributed by atoms with Crippen LogP contribution < -0.4 is 21.3 Å². The summed E-state index contributed by atoms with van der Waals surface area (Å²) in [5.74, 6) is -0.271. The lowest BCUT2D eigenvalue weighted by atomic mass is 10.1. The molecule has 1 unspecified atom stereocenters. The van der Waals surface area contributed by atoms with Crippen LogP contribution in [-0.2, 0) is 23.8 Å². The van der Waals surface area contributed by atoms with Gasteiger partial charge in [-0.3, -0.25) is 9.59 Å². The molecule has 4 N–H and O–H groups in total. The van der Waals surface area contributed by atoms with Gasteiger partial charge in [0.2, 0.25) is 11.8 Å². The number of nitrogens with one attached hydrogen (secondary N) is 4. The second kappa shape index (κ2) is 27.1. The lowest BCUT2D eigenvalue weighted by molar-refractivity contribution is -0.129. The van der Waals surface area contributed by atoms with E-state index in [1.54, 1.807) is 7.11 Å². The van der Waals surface area contributed by atoms with Crippen molar-refractivity contribution in [2.45, 2.75) is 109 Å². The summed E-state index contributed by atoms with van der Waals surface area (Å²) in [5.41, 5.74) is 0.910. The van der Waals surface area contributed by atoms with Crippen LogP contribution in [0.5, 0.6) is 0 Å². The van der Waals surface area contributed by atoms with Crippen LogP contribution in [0.2, 0.25) is 0 Å².